The Labute approximate surface area is 185 Å². The highest BCUT2D eigenvalue weighted by atomic mass is 35.5. The zero-order chi connectivity index (χ0) is 22.3. The maximum Gasteiger partial charge on any atom is 0.417 e. The van der Waals surface area contributed by atoms with Gasteiger partial charge >= 0.3 is 6.18 Å². The molecule has 1 amide bonds. The van der Waals surface area contributed by atoms with Gasteiger partial charge in [-0.05, 0) is 37.3 Å². The number of hydrogen-bond donors (Lipinski definition) is 1. The predicted octanol–water partition coefficient (Wildman–Crippen LogP) is 6.89. The summed E-state index contributed by atoms with van der Waals surface area (Å²) in [7, 11) is 0. The van der Waals surface area contributed by atoms with Gasteiger partial charge in [0, 0.05) is 22.3 Å². The minimum absolute atomic E-state index is 0.0656. The summed E-state index contributed by atoms with van der Waals surface area (Å²) in [5.74, 6) is -0.429. The smallest absolute Gasteiger partial charge is 0.306 e. The standard InChI is InChI=1S/C22H14Cl2F3N3O/c1-12-2-4-14(5-3-12)21(31)29-20-18(13-6-8-16(23)9-7-13)28-19-17(24)10-15(11-30(19)20)22(25,26)27/h2-11H,1H3,(H,29,31). The Balaban J connectivity index is 1.91. The summed E-state index contributed by atoms with van der Waals surface area (Å²) in [6.07, 6.45) is -3.76. The van der Waals surface area contributed by atoms with Crippen LogP contribution in [-0.2, 0) is 6.18 Å². The van der Waals surface area contributed by atoms with Crippen molar-refractivity contribution in [3.8, 4) is 11.3 Å². The van der Waals surface area contributed by atoms with Crippen molar-refractivity contribution in [2.45, 2.75) is 13.1 Å². The topological polar surface area (TPSA) is 46.4 Å². The van der Waals surface area contributed by atoms with Gasteiger partial charge in [0.05, 0.1) is 10.6 Å². The van der Waals surface area contributed by atoms with E-state index in [1.165, 1.54) is 0 Å². The zero-order valence-corrected chi connectivity index (χ0v) is 17.5. The number of rotatable bonds is 3. The van der Waals surface area contributed by atoms with Gasteiger partial charge in [0.1, 0.15) is 11.5 Å². The molecule has 0 unspecified atom stereocenters. The van der Waals surface area contributed by atoms with Crippen LogP contribution in [-0.4, -0.2) is 15.3 Å². The first-order valence-corrected chi connectivity index (χ1v) is 9.82. The first kappa shape index (κ1) is 21.2. The number of carbonyl (C=O) groups is 1. The van der Waals surface area contributed by atoms with Gasteiger partial charge < -0.3 is 5.32 Å². The molecule has 0 atom stereocenters. The minimum Gasteiger partial charge on any atom is -0.306 e. The van der Waals surface area contributed by atoms with Crippen molar-refractivity contribution in [2.75, 3.05) is 5.32 Å². The van der Waals surface area contributed by atoms with Gasteiger partial charge in [0.25, 0.3) is 5.91 Å². The van der Waals surface area contributed by atoms with Crippen LogP contribution in [0.4, 0.5) is 19.0 Å². The minimum atomic E-state index is -4.62. The molecule has 158 valence electrons. The highest BCUT2D eigenvalue weighted by Gasteiger charge is 2.33. The Morgan fingerprint density at radius 3 is 2.29 bits per heavy atom. The van der Waals surface area contributed by atoms with Crippen LogP contribution in [0, 0.1) is 6.92 Å². The maximum absolute atomic E-state index is 13.4. The van der Waals surface area contributed by atoms with Crippen LogP contribution in [0.3, 0.4) is 0 Å². The number of hydrogen-bond acceptors (Lipinski definition) is 2. The molecule has 1 N–H and O–H groups in total. The van der Waals surface area contributed by atoms with Crippen molar-refractivity contribution in [3.05, 3.63) is 87.5 Å². The first-order valence-electron chi connectivity index (χ1n) is 9.06. The van der Waals surface area contributed by atoms with E-state index in [0.717, 1.165) is 22.2 Å². The molecule has 9 heteroatoms. The number of nitrogens with one attached hydrogen (secondary N) is 1. The number of aryl methyl sites for hydroxylation is 1. The zero-order valence-electron chi connectivity index (χ0n) is 16.0. The van der Waals surface area contributed by atoms with Crippen molar-refractivity contribution in [1.82, 2.24) is 9.38 Å². The lowest BCUT2D eigenvalue weighted by molar-refractivity contribution is -0.137. The molecular weight excluding hydrogens is 450 g/mol. The quantitative estimate of drug-likeness (QED) is 0.359. The van der Waals surface area contributed by atoms with Crippen LogP contribution in [0.2, 0.25) is 10.0 Å². The summed E-state index contributed by atoms with van der Waals surface area (Å²) in [6, 6.07) is 14.2. The molecule has 4 rings (SSSR count). The van der Waals surface area contributed by atoms with Gasteiger partial charge in [-0.25, -0.2) is 4.98 Å². The third-order valence-electron chi connectivity index (χ3n) is 4.67. The monoisotopic (exact) mass is 463 g/mol. The number of pyridine rings is 1. The lowest BCUT2D eigenvalue weighted by atomic mass is 10.1. The van der Waals surface area contributed by atoms with E-state index in [4.69, 9.17) is 23.2 Å². The second-order valence-corrected chi connectivity index (χ2v) is 7.75. The van der Waals surface area contributed by atoms with E-state index in [1.807, 2.05) is 6.92 Å². The molecule has 0 spiro atoms. The van der Waals surface area contributed by atoms with E-state index in [9.17, 15) is 18.0 Å². The average Bonchev–Trinajstić information content (AvgIpc) is 3.07. The number of anilines is 1. The van der Waals surface area contributed by atoms with Crippen LogP contribution in [0.15, 0.2) is 60.8 Å². The number of alkyl halides is 3. The summed E-state index contributed by atoms with van der Waals surface area (Å²) in [5, 5.41) is 2.98. The molecule has 0 saturated carbocycles. The fourth-order valence-electron chi connectivity index (χ4n) is 3.07. The molecular formula is C22H14Cl2F3N3O. The summed E-state index contributed by atoms with van der Waals surface area (Å²) >= 11 is 12.1. The maximum atomic E-state index is 13.4. The predicted molar refractivity (Wildman–Crippen MR) is 115 cm³/mol. The van der Waals surface area contributed by atoms with Gasteiger partial charge in [0.15, 0.2) is 5.65 Å². The summed E-state index contributed by atoms with van der Waals surface area (Å²) < 4.78 is 41.3. The van der Waals surface area contributed by atoms with Crippen molar-refractivity contribution >= 4 is 40.6 Å². The van der Waals surface area contributed by atoms with E-state index < -0.39 is 17.6 Å². The normalized spacial score (nSPS) is 11.7. The SMILES string of the molecule is Cc1ccc(C(=O)Nc2c(-c3ccc(Cl)cc3)nc3c(Cl)cc(C(F)(F)F)cn23)cc1. The van der Waals surface area contributed by atoms with Crippen molar-refractivity contribution in [3.63, 3.8) is 0 Å². The Morgan fingerprint density at radius 1 is 1.03 bits per heavy atom. The van der Waals surface area contributed by atoms with E-state index in [-0.39, 0.29) is 22.2 Å². The number of halogens is 5. The highest BCUT2D eigenvalue weighted by Crippen LogP contribution is 2.37. The van der Waals surface area contributed by atoms with Gasteiger partial charge in [-0.3, -0.25) is 9.20 Å². The van der Waals surface area contributed by atoms with Crippen molar-refractivity contribution in [1.29, 1.82) is 0 Å². The molecule has 2 heterocycles. The van der Waals surface area contributed by atoms with E-state index in [1.54, 1.807) is 48.5 Å². The summed E-state index contributed by atoms with van der Waals surface area (Å²) in [4.78, 5) is 17.2. The Bertz CT molecular complexity index is 1280. The lowest BCUT2D eigenvalue weighted by Crippen LogP contribution is -2.15. The average molecular weight is 464 g/mol. The number of aromatic nitrogens is 2. The number of benzene rings is 2. The van der Waals surface area contributed by atoms with Gasteiger partial charge in [-0.2, -0.15) is 13.2 Å². The number of amides is 1. The van der Waals surface area contributed by atoms with Crippen molar-refractivity contribution in [2.24, 2.45) is 0 Å². The third kappa shape index (κ3) is 4.24. The molecule has 0 fully saturated rings. The molecule has 2 aromatic carbocycles. The van der Waals surface area contributed by atoms with Gasteiger partial charge in [0.2, 0.25) is 0 Å². The largest absolute Gasteiger partial charge is 0.417 e. The van der Waals surface area contributed by atoms with E-state index in [2.05, 4.69) is 10.3 Å². The third-order valence-corrected chi connectivity index (χ3v) is 5.20. The molecule has 0 aliphatic rings. The number of imidazole rings is 1. The molecule has 0 radical (unpaired) electrons. The summed E-state index contributed by atoms with van der Waals surface area (Å²) in [5.41, 5.74) is 1.25. The lowest BCUT2D eigenvalue weighted by Gasteiger charge is -2.11. The highest BCUT2D eigenvalue weighted by molar-refractivity contribution is 6.33. The second-order valence-electron chi connectivity index (χ2n) is 6.90. The van der Waals surface area contributed by atoms with Crippen LogP contribution in [0.25, 0.3) is 16.9 Å². The van der Waals surface area contributed by atoms with E-state index >= 15 is 0 Å². The number of carbonyl (C=O) groups excluding carboxylic acids is 1. The Hall–Kier alpha value is -3.03. The fraction of sp³-hybridized carbons (Fsp3) is 0.0909. The molecule has 0 bridgehead atoms. The molecule has 4 aromatic rings. The molecule has 4 nitrogen and oxygen atoms in total. The van der Waals surface area contributed by atoms with Crippen LogP contribution < -0.4 is 5.32 Å². The molecule has 0 aliphatic heterocycles. The Kier molecular flexibility index (Phi) is 5.41. The van der Waals surface area contributed by atoms with Crippen molar-refractivity contribution < 1.29 is 18.0 Å². The number of nitrogens with zero attached hydrogens (tertiary/aromatic N) is 2. The first-order chi connectivity index (χ1) is 14.6. The van der Waals surface area contributed by atoms with Gasteiger partial charge in [-0.15, -0.1) is 0 Å². The molecule has 31 heavy (non-hydrogen) atoms. The summed E-state index contributed by atoms with van der Waals surface area (Å²) in [6.45, 7) is 1.88. The number of fused-ring (bicyclic) bond motifs is 1. The van der Waals surface area contributed by atoms with E-state index in [0.29, 0.717) is 16.1 Å². The molecule has 2 aromatic heterocycles. The molecule has 0 aliphatic carbocycles. The van der Waals surface area contributed by atoms with Gasteiger partial charge in [-0.1, -0.05) is 53.0 Å². The fourth-order valence-corrected chi connectivity index (χ4v) is 3.45. The molecule has 0 saturated heterocycles. The van der Waals surface area contributed by atoms with Crippen LogP contribution >= 0.6 is 23.2 Å². The van der Waals surface area contributed by atoms with Crippen LogP contribution in [0.5, 0.6) is 0 Å². The Morgan fingerprint density at radius 2 is 1.68 bits per heavy atom. The second kappa shape index (κ2) is 7.90. The van der Waals surface area contributed by atoms with Crippen LogP contribution in [0.1, 0.15) is 21.5 Å².